The third-order valence-electron chi connectivity index (χ3n) is 3.69. The van der Waals surface area contributed by atoms with Crippen LogP contribution in [0.3, 0.4) is 0 Å². The molecule has 0 radical (unpaired) electrons. The first-order valence-corrected chi connectivity index (χ1v) is 7.34. The summed E-state index contributed by atoms with van der Waals surface area (Å²) in [7, 11) is 0. The van der Waals surface area contributed by atoms with Gasteiger partial charge in [0.1, 0.15) is 0 Å². The van der Waals surface area contributed by atoms with Gasteiger partial charge in [-0.3, -0.25) is 9.88 Å². The van der Waals surface area contributed by atoms with Crippen molar-refractivity contribution in [3.8, 4) is 0 Å². The summed E-state index contributed by atoms with van der Waals surface area (Å²) in [5.74, 6) is -0.510. The SMILES string of the molecule is CC(O)c1ccc2oc(=O)n(Cc3cccc(NC(=O)O)c3)c2c1. The highest BCUT2D eigenvalue weighted by Crippen LogP contribution is 2.21. The highest BCUT2D eigenvalue weighted by molar-refractivity contribution is 5.82. The molecule has 1 unspecified atom stereocenters. The van der Waals surface area contributed by atoms with Gasteiger partial charge in [-0.15, -0.1) is 0 Å². The van der Waals surface area contributed by atoms with Crippen LogP contribution in [0, 0.1) is 0 Å². The predicted octanol–water partition coefficient (Wildman–Crippen LogP) is 2.79. The summed E-state index contributed by atoms with van der Waals surface area (Å²) in [5.41, 5.74) is 2.86. The monoisotopic (exact) mass is 328 g/mol. The zero-order chi connectivity index (χ0) is 17.3. The number of benzene rings is 2. The van der Waals surface area contributed by atoms with Gasteiger partial charge in [0, 0.05) is 5.69 Å². The minimum Gasteiger partial charge on any atom is -0.465 e. The number of aliphatic hydroxyl groups is 1. The van der Waals surface area contributed by atoms with Crippen molar-refractivity contribution >= 4 is 22.9 Å². The summed E-state index contributed by atoms with van der Waals surface area (Å²) in [6.45, 7) is 1.87. The second kappa shape index (κ2) is 6.21. The Morgan fingerprint density at radius 1 is 1.29 bits per heavy atom. The van der Waals surface area contributed by atoms with Gasteiger partial charge in [0.2, 0.25) is 0 Å². The van der Waals surface area contributed by atoms with Gasteiger partial charge in [0.25, 0.3) is 0 Å². The Kier molecular flexibility index (Phi) is 4.09. The molecule has 124 valence electrons. The van der Waals surface area contributed by atoms with Gasteiger partial charge in [0.05, 0.1) is 18.2 Å². The van der Waals surface area contributed by atoms with Crippen molar-refractivity contribution in [3.05, 3.63) is 64.1 Å². The third kappa shape index (κ3) is 3.16. The zero-order valence-electron chi connectivity index (χ0n) is 12.9. The molecular weight excluding hydrogens is 312 g/mol. The Morgan fingerprint density at radius 3 is 2.79 bits per heavy atom. The van der Waals surface area contributed by atoms with Crippen molar-refractivity contribution in [2.24, 2.45) is 0 Å². The van der Waals surface area contributed by atoms with Crippen LogP contribution in [-0.2, 0) is 6.54 Å². The zero-order valence-corrected chi connectivity index (χ0v) is 12.9. The van der Waals surface area contributed by atoms with E-state index in [1.54, 1.807) is 49.4 Å². The number of aliphatic hydroxyl groups excluding tert-OH is 1. The first-order valence-electron chi connectivity index (χ1n) is 7.34. The lowest BCUT2D eigenvalue weighted by Crippen LogP contribution is -2.15. The van der Waals surface area contributed by atoms with E-state index >= 15 is 0 Å². The minimum absolute atomic E-state index is 0.226. The van der Waals surface area contributed by atoms with Gasteiger partial charge < -0.3 is 14.6 Å². The van der Waals surface area contributed by atoms with Crippen LogP contribution < -0.4 is 11.1 Å². The van der Waals surface area contributed by atoms with Crippen molar-refractivity contribution < 1.29 is 19.4 Å². The first kappa shape index (κ1) is 15.8. The number of aromatic nitrogens is 1. The number of carboxylic acid groups (broad SMARTS) is 1. The molecule has 1 heterocycles. The number of nitrogens with one attached hydrogen (secondary N) is 1. The van der Waals surface area contributed by atoms with E-state index in [0.717, 1.165) is 5.56 Å². The van der Waals surface area contributed by atoms with Crippen LogP contribution in [0.5, 0.6) is 0 Å². The van der Waals surface area contributed by atoms with Crippen molar-refractivity contribution in [3.63, 3.8) is 0 Å². The molecule has 0 fully saturated rings. The van der Waals surface area contributed by atoms with Crippen molar-refractivity contribution in [1.29, 1.82) is 0 Å². The van der Waals surface area contributed by atoms with Crippen molar-refractivity contribution in [1.82, 2.24) is 4.57 Å². The molecule has 24 heavy (non-hydrogen) atoms. The summed E-state index contributed by atoms with van der Waals surface area (Å²) in [6.07, 6.45) is -1.81. The number of nitrogens with zero attached hydrogens (tertiary/aromatic N) is 1. The van der Waals surface area contributed by atoms with E-state index in [9.17, 15) is 14.7 Å². The number of hydrogen-bond donors (Lipinski definition) is 3. The van der Waals surface area contributed by atoms with E-state index in [1.807, 2.05) is 0 Å². The molecule has 2 aromatic carbocycles. The van der Waals surface area contributed by atoms with Gasteiger partial charge in [-0.25, -0.2) is 9.59 Å². The van der Waals surface area contributed by atoms with E-state index in [0.29, 0.717) is 22.4 Å². The summed E-state index contributed by atoms with van der Waals surface area (Å²) in [6, 6.07) is 11.8. The highest BCUT2D eigenvalue weighted by Gasteiger charge is 2.12. The summed E-state index contributed by atoms with van der Waals surface area (Å²) >= 11 is 0. The van der Waals surface area contributed by atoms with E-state index < -0.39 is 18.0 Å². The van der Waals surface area contributed by atoms with Gasteiger partial charge in [-0.1, -0.05) is 18.2 Å². The van der Waals surface area contributed by atoms with Crippen molar-refractivity contribution in [2.75, 3.05) is 5.32 Å². The lowest BCUT2D eigenvalue weighted by Gasteiger charge is -2.07. The Hall–Kier alpha value is -3.06. The molecule has 7 heteroatoms. The smallest absolute Gasteiger partial charge is 0.420 e. The van der Waals surface area contributed by atoms with E-state index in [-0.39, 0.29) is 6.54 Å². The fourth-order valence-electron chi connectivity index (χ4n) is 2.54. The maximum atomic E-state index is 12.1. The molecule has 1 amide bonds. The number of anilines is 1. The fourth-order valence-corrected chi connectivity index (χ4v) is 2.54. The van der Waals surface area contributed by atoms with E-state index in [2.05, 4.69) is 5.32 Å². The van der Waals surface area contributed by atoms with Crippen LogP contribution in [0.25, 0.3) is 11.1 Å². The van der Waals surface area contributed by atoms with Gasteiger partial charge >= 0.3 is 11.8 Å². The molecule has 3 aromatic rings. The largest absolute Gasteiger partial charge is 0.465 e. The minimum atomic E-state index is -1.15. The molecule has 7 nitrogen and oxygen atoms in total. The molecule has 0 aliphatic rings. The van der Waals surface area contributed by atoms with Crippen LogP contribution in [0.15, 0.2) is 51.7 Å². The number of carbonyl (C=O) groups is 1. The molecule has 1 atom stereocenters. The molecule has 0 saturated carbocycles. The summed E-state index contributed by atoms with van der Waals surface area (Å²) in [5, 5.41) is 20.8. The van der Waals surface area contributed by atoms with E-state index in [4.69, 9.17) is 9.52 Å². The molecular formula is C17H16N2O5. The quantitative estimate of drug-likeness (QED) is 0.683. The molecule has 0 saturated heterocycles. The fraction of sp³-hybridized carbons (Fsp3) is 0.176. The average Bonchev–Trinajstić information content (AvgIpc) is 2.82. The van der Waals surface area contributed by atoms with Crippen molar-refractivity contribution in [2.45, 2.75) is 19.6 Å². The van der Waals surface area contributed by atoms with Crippen LogP contribution in [-0.4, -0.2) is 20.9 Å². The number of fused-ring (bicyclic) bond motifs is 1. The maximum Gasteiger partial charge on any atom is 0.420 e. The maximum absolute atomic E-state index is 12.1. The second-order valence-corrected chi connectivity index (χ2v) is 5.49. The van der Waals surface area contributed by atoms with Gasteiger partial charge in [-0.2, -0.15) is 0 Å². The first-order chi connectivity index (χ1) is 11.4. The lowest BCUT2D eigenvalue weighted by atomic mass is 10.1. The third-order valence-corrected chi connectivity index (χ3v) is 3.69. The molecule has 0 aliphatic heterocycles. The van der Waals surface area contributed by atoms with Crippen LogP contribution >= 0.6 is 0 Å². The molecule has 0 spiro atoms. The second-order valence-electron chi connectivity index (χ2n) is 5.49. The Bertz CT molecular complexity index is 955. The van der Waals surface area contributed by atoms with Gasteiger partial charge in [0.15, 0.2) is 5.58 Å². The molecule has 0 aliphatic carbocycles. The number of hydrogen-bond acceptors (Lipinski definition) is 4. The Morgan fingerprint density at radius 2 is 2.08 bits per heavy atom. The average molecular weight is 328 g/mol. The molecule has 0 bridgehead atoms. The van der Waals surface area contributed by atoms with Crippen LogP contribution in [0.2, 0.25) is 0 Å². The molecule has 3 N–H and O–H groups in total. The molecule has 1 aromatic heterocycles. The predicted molar refractivity (Wildman–Crippen MR) is 88.3 cm³/mol. The normalized spacial score (nSPS) is 12.2. The Balaban J connectivity index is 2.00. The number of oxazole rings is 1. The Labute approximate surface area is 136 Å². The highest BCUT2D eigenvalue weighted by atomic mass is 16.4. The van der Waals surface area contributed by atoms with Crippen LogP contribution in [0.1, 0.15) is 24.2 Å². The standard InChI is InChI=1S/C17H16N2O5/c1-10(20)12-5-6-15-14(8-12)19(17(23)24-15)9-11-3-2-4-13(7-11)18-16(21)22/h2-8,10,18,20H,9H2,1H3,(H,21,22). The summed E-state index contributed by atoms with van der Waals surface area (Å²) in [4.78, 5) is 22.8. The van der Waals surface area contributed by atoms with Gasteiger partial charge in [-0.05, 0) is 42.3 Å². The molecule has 3 rings (SSSR count). The topological polar surface area (TPSA) is 105 Å². The number of rotatable bonds is 4. The lowest BCUT2D eigenvalue weighted by molar-refractivity contribution is 0.199. The van der Waals surface area contributed by atoms with E-state index in [1.165, 1.54) is 4.57 Å². The summed E-state index contributed by atoms with van der Waals surface area (Å²) < 4.78 is 6.66. The number of amides is 1. The van der Waals surface area contributed by atoms with Crippen LogP contribution in [0.4, 0.5) is 10.5 Å².